The summed E-state index contributed by atoms with van der Waals surface area (Å²) in [6, 6.07) is 8.01. The Morgan fingerprint density at radius 1 is 1.21 bits per heavy atom. The van der Waals surface area contributed by atoms with E-state index in [-0.39, 0.29) is 18.1 Å². The van der Waals surface area contributed by atoms with E-state index in [1.54, 1.807) is 16.7 Å². The summed E-state index contributed by atoms with van der Waals surface area (Å²) in [6.07, 6.45) is 0.983. The predicted molar refractivity (Wildman–Crippen MR) is 104 cm³/mol. The van der Waals surface area contributed by atoms with E-state index in [1.165, 1.54) is 12.1 Å². The number of carboxylic acid groups (broad SMARTS) is 1. The van der Waals surface area contributed by atoms with E-state index in [0.717, 1.165) is 27.9 Å². The van der Waals surface area contributed by atoms with Crippen molar-refractivity contribution in [3.63, 3.8) is 0 Å². The zero-order valence-corrected chi connectivity index (χ0v) is 16.4. The molecule has 1 aliphatic rings. The van der Waals surface area contributed by atoms with Gasteiger partial charge in [-0.05, 0) is 66.8 Å². The maximum atomic E-state index is 13.9. The maximum Gasteiger partial charge on any atom is 0.323 e. The number of halogens is 1. The van der Waals surface area contributed by atoms with Crippen molar-refractivity contribution >= 4 is 26.7 Å². The normalized spacial score (nSPS) is 15.1. The molecule has 0 amide bonds. The van der Waals surface area contributed by atoms with Gasteiger partial charge < -0.3 is 9.67 Å². The monoisotopic (exact) mass is 401 g/mol. The molecule has 1 aromatic heterocycles. The standard InChI is InChI=1S/C21H20FNO4S/c1-12-7-20-14(5-6-28(20,26)27)8-15(12)9-17-13(2)23(11-21(24)25)19-4-3-16(22)10-18(17)19/h3-4,7-8,10H,5-6,9,11H2,1-2H3,(H,24,25). The molecule has 0 radical (unpaired) electrons. The number of aliphatic carboxylic acids is 1. The molecular weight excluding hydrogens is 381 g/mol. The second kappa shape index (κ2) is 6.44. The summed E-state index contributed by atoms with van der Waals surface area (Å²) in [4.78, 5) is 11.7. The first-order valence-corrected chi connectivity index (χ1v) is 10.7. The number of rotatable bonds is 4. The van der Waals surface area contributed by atoms with E-state index in [2.05, 4.69) is 0 Å². The summed E-state index contributed by atoms with van der Waals surface area (Å²) in [5, 5.41) is 9.94. The quantitative estimate of drug-likeness (QED) is 0.727. The Bertz CT molecular complexity index is 1240. The molecule has 3 aromatic rings. The van der Waals surface area contributed by atoms with Crippen molar-refractivity contribution in [3.05, 3.63) is 64.1 Å². The van der Waals surface area contributed by atoms with Gasteiger partial charge in [-0.25, -0.2) is 12.8 Å². The first kappa shape index (κ1) is 18.7. The highest BCUT2D eigenvalue weighted by Crippen LogP contribution is 2.33. The number of hydrogen-bond donors (Lipinski definition) is 1. The summed E-state index contributed by atoms with van der Waals surface area (Å²) in [5.41, 5.74) is 4.96. The summed E-state index contributed by atoms with van der Waals surface area (Å²) >= 11 is 0. The highest BCUT2D eigenvalue weighted by atomic mass is 32.2. The van der Waals surface area contributed by atoms with Crippen molar-refractivity contribution in [1.82, 2.24) is 4.57 Å². The highest BCUT2D eigenvalue weighted by Gasteiger charge is 2.27. The minimum Gasteiger partial charge on any atom is -0.480 e. The van der Waals surface area contributed by atoms with Gasteiger partial charge in [-0.15, -0.1) is 0 Å². The molecule has 2 heterocycles. The van der Waals surface area contributed by atoms with Crippen LogP contribution in [0.2, 0.25) is 0 Å². The molecule has 0 unspecified atom stereocenters. The van der Waals surface area contributed by atoms with Crippen molar-refractivity contribution in [3.8, 4) is 0 Å². The van der Waals surface area contributed by atoms with Gasteiger partial charge in [0.15, 0.2) is 9.84 Å². The maximum absolute atomic E-state index is 13.9. The number of fused-ring (bicyclic) bond motifs is 2. The lowest BCUT2D eigenvalue weighted by Gasteiger charge is -2.10. The molecule has 0 spiro atoms. The highest BCUT2D eigenvalue weighted by molar-refractivity contribution is 7.91. The molecule has 0 atom stereocenters. The number of aryl methyl sites for hydroxylation is 2. The van der Waals surface area contributed by atoms with Crippen molar-refractivity contribution in [2.75, 3.05) is 5.75 Å². The predicted octanol–water partition coefficient (Wildman–Crippen LogP) is 3.40. The molecule has 0 bridgehead atoms. The first-order chi connectivity index (χ1) is 13.2. The van der Waals surface area contributed by atoms with E-state index in [1.807, 2.05) is 19.9 Å². The van der Waals surface area contributed by atoms with Crippen LogP contribution >= 0.6 is 0 Å². The van der Waals surface area contributed by atoms with Crippen LogP contribution in [0, 0.1) is 19.7 Å². The van der Waals surface area contributed by atoms with Gasteiger partial charge in [0.1, 0.15) is 12.4 Å². The summed E-state index contributed by atoms with van der Waals surface area (Å²) < 4.78 is 39.9. The zero-order chi connectivity index (χ0) is 20.2. The van der Waals surface area contributed by atoms with Crippen LogP contribution in [0.25, 0.3) is 10.9 Å². The Morgan fingerprint density at radius 2 is 1.96 bits per heavy atom. The minimum absolute atomic E-state index is 0.132. The molecule has 146 valence electrons. The molecule has 7 heteroatoms. The average molecular weight is 401 g/mol. The molecule has 0 saturated heterocycles. The Morgan fingerprint density at radius 3 is 2.68 bits per heavy atom. The second-order valence-corrected chi connectivity index (χ2v) is 9.41. The molecule has 0 aliphatic carbocycles. The van der Waals surface area contributed by atoms with Crippen molar-refractivity contribution in [1.29, 1.82) is 0 Å². The number of hydrogen-bond acceptors (Lipinski definition) is 3. The molecule has 0 fully saturated rings. The van der Waals surface area contributed by atoms with E-state index in [9.17, 15) is 22.7 Å². The minimum atomic E-state index is -3.19. The third-order valence-corrected chi connectivity index (χ3v) is 7.36. The van der Waals surface area contributed by atoms with Crippen molar-refractivity contribution < 1.29 is 22.7 Å². The van der Waals surface area contributed by atoms with Gasteiger partial charge in [-0.2, -0.15) is 0 Å². The van der Waals surface area contributed by atoms with Gasteiger partial charge in [0.05, 0.1) is 10.6 Å². The van der Waals surface area contributed by atoms with E-state index >= 15 is 0 Å². The van der Waals surface area contributed by atoms with Gasteiger partial charge in [0, 0.05) is 23.0 Å². The van der Waals surface area contributed by atoms with Gasteiger partial charge in [0.25, 0.3) is 0 Å². The molecule has 0 saturated carbocycles. The number of aromatic nitrogens is 1. The Hall–Kier alpha value is -2.67. The molecule has 1 aliphatic heterocycles. The summed E-state index contributed by atoms with van der Waals surface area (Å²) in [5.74, 6) is -1.21. The Kier molecular flexibility index (Phi) is 4.30. The molecule has 28 heavy (non-hydrogen) atoms. The third-order valence-electron chi connectivity index (χ3n) is 5.57. The van der Waals surface area contributed by atoms with E-state index < -0.39 is 15.8 Å². The van der Waals surface area contributed by atoms with Crippen LogP contribution in [0.3, 0.4) is 0 Å². The fourth-order valence-electron chi connectivity index (χ4n) is 4.08. The number of nitrogens with zero attached hydrogens (tertiary/aromatic N) is 1. The summed E-state index contributed by atoms with van der Waals surface area (Å²) in [6.45, 7) is 3.51. The van der Waals surface area contributed by atoms with Crippen LogP contribution < -0.4 is 0 Å². The van der Waals surface area contributed by atoms with Gasteiger partial charge in [0.2, 0.25) is 0 Å². The fourth-order valence-corrected chi connectivity index (χ4v) is 5.71. The van der Waals surface area contributed by atoms with Crippen LogP contribution in [0.4, 0.5) is 4.39 Å². The number of carboxylic acids is 1. The van der Waals surface area contributed by atoms with Crippen LogP contribution in [-0.2, 0) is 34.0 Å². The lowest BCUT2D eigenvalue weighted by atomic mass is 9.96. The van der Waals surface area contributed by atoms with Gasteiger partial charge in [-0.3, -0.25) is 4.79 Å². The molecule has 2 aromatic carbocycles. The van der Waals surface area contributed by atoms with Crippen molar-refractivity contribution in [2.24, 2.45) is 0 Å². The Balaban J connectivity index is 1.86. The van der Waals surface area contributed by atoms with Crippen LogP contribution in [0.5, 0.6) is 0 Å². The largest absolute Gasteiger partial charge is 0.480 e. The second-order valence-electron chi connectivity index (χ2n) is 7.34. The molecule has 1 N–H and O–H groups in total. The van der Waals surface area contributed by atoms with E-state index in [4.69, 9.17) is 0 Å². The lowest BCUT2D eigenvalue weighted by molar-refractivity contribution is -0.137. The van der Waals surface area contributed by atoms with E-state index in [0.29, 0.717) is 28.6 Å². The average Bonchev–Trinajstić information content (AvgIpc) is 3.03. The number of benzene rings is 2. The van der Waals surface area contributed by atoms with Gasteiger partial charge in [-0.1, -0.05) is 6.07 Å². The zero-order valence-electron chi connectivity index (χ0n) is 15.6. The number of carbonyl (C=O) groups is 1. The topological polar surface area (TPSA) is 76.4 Å². The van der Waals surface area contributed by atoms with Crippen LogP contribution in [0.1, 0.15) is 27.9 Å². The smallest absolute Gasteiger partial charge is 0.323 e. The molecule has 5 nitrogen and oxygen atoms in total. The van der Waals surface area contributed by atoms with Gasteiger partial charge >= 0.3 is 5.97 Å². The fraction of sp³-hybridized carbons (Fsp3) is 0.286. The van der Waals surface area contributed by atoms with Crippen LogP contribution in [0.15, 0.2) is 35.2 Å². The summed E-state index contributed by atoms with van der Waals surface area (Å²) in [7, 11) is -3.19. The molecular formula is C21H20FNO4S. The molecule has 4 rings (SSSR count). The third kappa shape index (κ3) is 2.99. The SMILES string of the molecule is Cc1cc2c(cc1Cc1c(C)n(CC(=O)O)c3ccc(F)cc13)CCS2(=O)=O. The lowest BCUT2D eigenvalue weighted by Crippen LogP contribution is -2.10. The van der Waals surface area contributed by atoms with Crippen LogP contribution in [-0.4, -0.2) is 29.8 Å². The van der Waals surface area contributed by atoms with Crippen molar-refractivity contribution in [2.45, 2.75) is 38.1 Å². The Labute approximate surface area is 162 Å². The number of sulfone groups is 1. The first-order valence-electron chi connectivity index (χ1n) is 9.01.